The standard InChI is InChI=1S/C15H15N3O3S/c1-20-13-8-10(22(3)19)4-5-11(13)12-9-18-7-6-14(21-2)17-15(18)16-12/h4-9H,1-3H3. The summed E-state index contributed by atoms with van der Waals surface area (Å²) in [6.45, 7) is 0. The molecule has 1 atom stereocenters. The van der Waals surface area contributed by atoms with Crippen LogP contribution in [0.2, 0.25) is 0 Å². The van der Waals surface area contributed by atoms with E-state index in [1.54, 1.807) is 32.6 Å². The van der Waals surface area contributed by atoms with E-state index in [-0.39, 0.29) is 0 Å². The lowest BCUT2D eigenvalue weighted by molar-refractivity contribution is 0.398. The normalized spacial score (nSPS) is 12.3. The van der Waals surface area contributed by atoms with Crippen molar-refractivity contribution in [1.29, 1.82) is 0 Å². The maximum absolute atomic E-state index is 11.6. The molecule has 0 fully saturated rings. The fraction of sp³-hybridized carbons (Fsp3) is 0.200. The zero-order chi connectivity index (χ0) is 15.7. The van der Waals surface area contributed by atoms with Crippen LogP contribution < -0.4 is 9.47 Å². The molecule has 0 aliphatic heterocycles. The summed E-state index contributed by atoms with van der Waals surface area (Å²) in [6, 6.07) is 7.20. The van der Waals surface area contributed by atoms with Gasteiger partial charge in [-0.05, 0) is 18.2 Å². The summed E-state index contributed by atoms with van der Waals surface area (Å²) < 4.78 is 23.9. The first-order valence-corrected chi connectivity index (χ1v) is 8.10. The van der Waals surface area contributed by atoms with Crippen LogP contribution in [0.25, 0.3) is 17.0 Å². The topological polar surface area (TPSA) is 65.7 Å². The predicted molar refractivity (Wildman–Crippen MR) is 83.9 cm³/mol. The van der Waals surface area contributed by atoms with Crippen molar-refractivity contribution in [1.82, 2.24) is 14.4 Å². The van der Waals surface area contributed by atoms with E-state index in [1.807, 2.05) is 28.9 Å². The molecular formula is C15H15N3O3S. The van der Waals surface area contributed by atoms with Crippen molar-refractivity contribution in [2.24, 2.45) is 0 Å². The van der Waals surface area contributed by atoms with Crippen LogP contribution in [-0.2, 0) is 10.8 Å². The molecule has 1 aromatic carbocycles. The third-order valence-corrected chi connectivity index (χ3v) is 4.21. The second-order valence-corrected chi connectivity index (χ2v) is 6.00. The maximum Gasteiger partial charge on any atom is 0.237 e. The zero-order valence-electron chi connectivity index (χ0n) is 12.4. The van der Waals surface area contributed by atoms with Crippen molar-refractivity contribution in [2.45, 2.75) is 4.90 Å². The first kappa shape index (κ1) is 14.5. The molecule has 0 spiro atoms. The minimum Gasteiger partial charge on any atom is -0.496 e. The van der Waals surface area contributed by atoms with Crippen molar-refractivity contribution in [2.75, 3.05) is 20.5 Å². The second kappa shape index (κ2) is 5.76. The molecule has 22 heavy (non-hydrogen) atoms. The number of aromatic nitrogens is 3. The van der Waals surface area contributed by atoms with E-state index in [9.17, 15) is 4.21 Å². The summed E-state index contributed by atoms with van der Waals surface area (Å²) in [7, 11) is 2.09. The van der Waals surface area contributed by atoms with E-state index in [0.29, 0.717) is 22.3 Å². The lowest BCUT2D eigenvalue weighted by Gasteiger charge is -2.07. The molecule has 6 nitrogen and oxygen atoms in total. The number of hydrogen-bond donors (Lipinski definition) is 0. The van der Waals surface area contributed by atoms with Gasteiger partial charge < -0.3 is 9.47 Å². The van der Waals surface area contributed by atoms with E-state index in [0.717, 1.165) is 11.3 Å². The summed E-state index contributed by atoms with van der Waals surface area (Å²) in [4.78, 5) is 9.48. The van der Waals surface area contributed by atoms with Gasteiger partial charge in [-0.2, -0.15) is 4.98 Å². The Hall–Kier alpha value is -2.41. The molecule has 2 heterocycles. The van der Waals surface area contributed by atoms with E-state index >= 15 is 0 Å². The highest BCUT2D eigenvalue weighted by Gasteiger charge is 2.13. The third-order valence-electron chi connectivity index (χ3n) is 3.29. The second-order valence-electron chi connectivity index (χ2n) is 4.62. The first-order valence-electron chi connectivity index (χ1n) is 6.54. The summed E-state index contributed by atoms with van der Waals surface area (Å²) in [5, 5.41) is 0. The van der Waals surface area contributed by atoms with Gasteiger partial charge in [0.1, 0.15) is 5.75 Å². The average molecular weight is 317 g/mol. The molecule has 0 bridgehead atoms. The fourth-order valence-corrected chi connectivity index (χ4v) is 2.69. The Bertz CT molecular complexity index is 860. The minimum absolute atomic E-state index is 0.508. The molecular weight excluding hydrogens is 302 g/mol. The number of methoxy groups -OCH3 is 2. The van der Waals surface area contributed by atoms with E-state index in [2.05, 4.69) is 9.97 Å². The molecule has 7 heteroatoms. The van der Waals surface area contributed by atoms with E-state index in [1.165, 1.54) is 0 Å². The summed E-state index contributed by atoms with van der Waals surface area (Å²) in [5.41, 5.74) is 1.55. The van der Waals surface area contributed by atoms with Crippen LogP contribution in [0.4, 0.5) is 0 Å². The van der Waals surface area contributed by atoms with Crippen LogP contribution >= 0.6 is 0 Å². The van der Waals surface area contributed by atoms with Crippen LogP contribution in [0.15, 0.2) is 41.6 Å². The number of benzene rings is 1. The first-order chi connectivity index (χ1) is 10.6. The van der Waals surface area contributed by atoms with Gasteiger partial charge in [-0.1, -0.05) is 0 Å². The van der Waals surface area contributed by atoms with Gasteiger partial charge in [0.25, 0.3) is 0 Å². The monoisotopic (exact) mass is 317 g/mol. The highest BCUT2D eigenvalue weighted by atomic mass is 32.2. The molecule has 0 saturated heterocycles. The highest BCUT2D eigenvalue weighted by molar-refractivity contribution is 7.84. The fourth-order valence-electron chi connectivity index (χ4n) is 2.16. The molecule has 0 aliphatic carbocycles. The molecule has 0 amide bonds. The van der Waals surface area contributed by atoms with E-state index in [4.69, 9.17) is 9.47 Å². The molecule has 114 valence electrons. The average Bonchev–Trinajstić information content (AvgIpc) is 2.96. The lowest BCUT2D eigenvalue weighted by atomic mass is 10.1. The van der Waals surface area contributed by atoms with Gasteiger partial charge in [0.2, 0.25) is 11.7 Å². The smallest absolute Gasteiger partial charge is 0.237 e. The van der Waals surface area contributed by atoms with Gasteiger partial charge in [-0.15, -0.1) is 0 Å². The van der Waals surface area contributed by atoms with Crippen LogP contribution in [0.3, 0.4) is 0 Å². The van der Waals surface area contributed by atoms with Crippen molar-refractivity contribution in [3.8, 4) is 22.9 Å². The van der Waals surface area contributed by atoms with Gasteiger partial charge in [-0.3, -0.25) is 8.61 Å². The number of nitrogens with zero attached hydrogens (tertiary/aromatic N) is 3. The minimum atomic E-state index is -1.06. The Morgan fingerprint density at radius 1 is 1.14 bits per heavy atom. The van der Waals surface area contributed by atoms with Crippen LogP contribution in [-0.4, -0.2) is 39.1 Å². The number of hydrogen-bond acceptors (Lipinski definition) is 5. The summed E-state index contributed by atoms with van der Waals surface area (Å²) >= 11 is 0. The maximum atomic E-state index is 11.6. The largest absolute Gasteiger partial charge is 0.496 e. The molecule has 0 saturated carbocycles. The third kappa shape index (κ3) is 2.55. The number of ether oxygens (including phenoxy) is 2. The van der Waals surface area contributed by atoms with Gasteiger partial charge in [0.15, 0.2) is 0 Å². The lowest BCUT2D eigenvalue weighted by Crippen LogP contribution is -1.93. The molecule has 3 aromatic rings. The van der Waals surface area contributed by atoms with Crippen molar-refractivity contribution in [3.05, 3.63) is 36.7 Å². The van der Waals surface area contributed by atoms with Gasteiger partial charge in [-0.25, -0.2) is 4.98 Å². The zero-order valence-corrected chi connectivity index (χ0v) is 13.3. The van der Waals surface area contributed by atoms with Gasteiger partial charge in [0.05, 0.1) is 19.9 Å². The Morgan fingerprint density at radius 2 is 1.95 bits per heavy atom. The molecule has 0 aliphatic rings. The summed E-state index contributed by atoms with van der Waals surface area (Å²) in [5.74, 6) is 1.68. The van der Waals surface area contributed by atoms with Gasteiger partial charge >= 0.3 is 0 Å². The van der Waals surface area contributed by atoms with Gasteiger partial charge in [0, 0.05) is 46.0 Å². The Labute approximate surface area is 130 Å². The molecule has 0 N–H and O–H groups in total. The molecule has 1 unspecified atom stereocenters. The van der Waals surface area contributed by atoms with Crippen molar-refractivity contribution >= 4 is 16.6 Å². The Balaban J connectivity index is 2.12. The molecule has 0 radical (unpaired) electrons. The van der Waals surface area contributed by atoms with Crippen LogP contribution in [0.1, 0.15) is 0 Å². The highest BCUT2D eigenvalue weighted by Crippen LogP contribution is 2.31. The number of rotatable bonds is 4. The van der Waals surface area contributed by atoms with Crippen LogP contribution in [0, 0.1) is 0 Å². The summed E-state index contributed by atoms with van der Waals surface area (Å²) in [6.07, 6.45) is 5.33. The number of imidazole rings is 1. The predicted octanol–water partition coefficient (Wildman–Crippen LogP) is 2.15. The van der Waals surface area contributed by atoms with Crippen LogP contribution in [0.5, 0.6) is 11.6 Å². The quantitative estimate of drug-likeness (QED) is 0.737. The SMILES string of the molecule is COc1ccn2cc(-c3ccc(S(C)=O)cc3OC)nc2n1. The van der Waals surface area contributed by atoms with Crippen molar-refractivity contribution in [3.63, 3.8) is 0 Å². The van der Waals surface area contributed by atoms with Crippen molar-refractivity contribution < 1.29 is 13.7 Å². The number of fused-ring (bicyclic) bond motifs is 1. The molecule has 2 aromatic heterocycles. The van der Waals surface area contributed by atoms with E-state index < -0.39 is 10.8 Å². The Kier molecular flexibility index (Phi) is 3.81. The molecule has 3 rings (SSSR count). The Morgan fingerprint density at radius 3 is 2.64 bits per heavy atom.